The molecule has 174 valence electrons. The van der Waals surface area contributed by atoms with Crippen LogP contribution in [-0.2, 0) is 21.4 Å². The summed E-state index contributed by atoms with van der Waals surface area (Å²) in [5.41, 5.74) is 1.58. The van der Waals surface area contributed by atoms with Crippen LogP contribution in [0, 0.1) is 13.8 Å². The molecule has 0 aliphatic rings. The lowest BCUT2D eigenvalue weighted by Crippen LogP contribution is -2.31. The third kappa shape index (κ3) is 5.20. The number of ether oxygens (including phenoxy) is 2. The average Bonchev–Trinajstić information content (AvgIpc) is 3.13. The number of hydrogen-bond acceptors (Lipinski definition) is 7. The SMILES string of the molecule is C=CCN(c1ccc(OC)cc1)S(=O)(=O)c1ccc(Cl)c(C(=O)OCc2c(C)noc2C)c1. The fraction of sp³-hybridized carbons (Fsp3) is 0.217. The molecule has 8 nitrogen and oxygen atoms in total. The lowest BCUT2D eigenvalue weighted by molar-refractivity contribution is 0.0470. The summed E-state index contributed by atoms with van der Waals surface area (Å²) in [5, 5.41) is 3.88. The van der Waals surface area contributed by atoms with E-state index in [4.69, 9.17) is 25.6 Å². The average molecular weight is 491 g/mol. The van der Waals surface area contributed by atoms with Crippen LogP contribution in [0.3, 0.4) is 0 Å². The van der Waals surface area contributed by atoms with Gasteiger partial charge in [-0.25, -0.2) is 13.2 Å². The molecule has 0 aliphatic carbocycles. The Labute approximate surface area is 197 Å². The van der Waals surface area contributed by atoms with Crippen molar-refractivity contribution in [3.8, 4) is 5.75 Å². The van der Waals surface area contributed by atoms with Gasteiger partial charge in [0, 0.05) is 0 Å². The van der Waals surface area contributed by atoms with E-state index in [1.54, 1.807) is 38.1 Å². The molecule has 0 saturated carbocycles. The van der Waals surface area contributed by atoms with Gasteiger partial charge in [-0.3, -0.25) is 4.31 Å². The highest BCUT2D eigenvalue weighted by molar-refractivity contribution is 7.92. The maximum atomic E-state index is 13.4. The number of aromatic nitrogens is 1. The van der Waals surface area contributed by atoms with E-state index in [-0.39, 0.29) is 28.6 Å². The monoisotopic (exact) mass is 490 g/mol. The highest BCUT2D eigenvalue weighted by Gasteiger charge is 2.26. The second-order valence-corrected chi connectivity index (χ2v) is 9.31. The van der Waals surface area contributed by atoms with Crippen molar-refractivity contribution in [3.05, 3.63) is 82.7 Å². The molecule has 3 rings (SSSR count). The standard InChI is InChI=1S/C23H23ClN2O6S/c1-5-12-26(17-6-8-18(30-4)9-7-17)33(28,29)19-10-11-22(24)20(13-19)23(27)31-14-21-15(2)25-32-16(21)3/h5-11,13H,1,12,14H2,2-4H3. The Morgan fingerprint density at radius 3 is 2.48 bits per heavy atom. The molecule has 10 heteroatoms. The fourth-order valence-corrected chi connectivity index (χ4v) is 4.74. The molecule has 0 bridgehead atoms. The van der Waals surface area contributed by atoms with E-state index in [1.807, 2.05) is 0 Å². The molecule has 0 aliphatic heterocycles. The minimum atomic E-state index is -4.05. The van der Waals surface area contributed by atoms with E-state index in [9.17, 15) is 13.2 Å². The first kappa shape index (κ1) is 24.3. The van der Waals surface area contributed by atoms with Gasteiger partial charge in [0.15, 0.2) is 0 Å². The Morgan fingerprint density at radius 2 is 1.91 bits per heavy atom. The smallest absolute Gasteiger partial charge is 0.340 e. The molecule has 2 aromatic carbocycles. The Balaban J connectivity index is 1.91. The minimum Gasteiger partial charge on any atom is -0.497 e. The van der Waals surface area contributed by atoms with Crippen molar-refractivity contribution in [2.45, 2.75) is 25.3 Å². The molecule has 1 aromatic heterocycles. The quantitative estimate of drug-likeness (QED) is 0.317. The summed E-state index contributed by atoms with van der Waals surface area (Å²) < 4.78 is 43.6. The zero-order valence-electron chi connectivity index (χ0n) is 18.4. The maximum absolute atomic E-state index is 13.4. The number of nitrogens with zero attached hydrogens (tertiary/aromatic N) is 2. The van der Waals surface area contributed by atoms with Gasteiger partial charge in [0.2, 0.25) is 0 Å². The summed E-state index contributed by atoms with van der Waals surface area (Å²) in [5.74, 6) is 0.351. The number of halogens is 1. The summed E-state index contributed by atoms with van der Waals surface area (Å²) in [4.78, 5) is 12.6. The van der Waals surface area contributed by atoms with Gasteiger partial charge in [-0.1, -0.05) is 22.8 Å². The number of esters is 1. The number of anilines is 1. The van der Waals surface area contributed by atoms with Crippen LogP contribution in [0.25, 0.3) is 0 Å². The highest BCUT2D eigenvalue weighted by Crippen LogP contribution is 2.29. The lowest BCUT2D eigenvalue weighted by Gasteiger charge is -2.23. The molecular weight excluding hydrogens is 468 g/mol. The highest BCUT2D eigenvalue weighted by atomic mass is 35.5. The molecule has 0 unspecified atom stereocenters. The van der Waals surface area contributed by atoms with Gasteiger partial charge >= 0.3 is 5.97 Å². The predicted molar refractivity (Wildman–Crippen MR) is 124 cm³/mol. The van der Waals surface area contributed by atoms with Crippen molar-refractivity contribution < 1.29 is 27.2 Å². The second kappa shape index (κ2) is 10.1. The van der Waals surface area contributed by atoms with Gasteiger partial charge in [-0.05, 0) is 56.3 Å². The van der Waals surface area contributed by atoms with Crippen LogP contribution in [-0.4, -0.2) is 33.2 Å². The van der Waals surface area contributed by atoms with E-state index in [0.29, 0.717) is 28.5 Å². The van der Waals surface area contributed by atoms with Crippen LogP contribution in [0.15, 0.2) is 64.5 Å². The number of carbonyl (C=O) groups excluding carboxylic acids is 1. The Hall–Kier alpha value is -3.30. The molecule has 0 radical (unpaired) electrons. The van der Waals surface area contributed by atoms with Crippen molar-refractivity contribution in [1.82, 2.24) is 5.16 Å². The second-order valence-electron chi connectivity index (χ2n) is 7.04. The predicted octanol–water partition coefficient (Wildman–Crippen LogP) is 4.69. The third-order valence-corrected chi connectivity index (χ3v) is 7.05. The van der Waals surface area contributed by atoms with Crippen molar-refractivity contribution >= 4 is 33.3 Å². The van der Waals surface area contributed by atoms with Gasteiger partial charge in [0.25, 0.3) is 10.0 Å². The largest absolute Gasteiger partial charge is 0.497 e. The lowest BCUT2D eigenvalue weighted by atomic mass is 10.2. The number of aryl methyl sites for hydroxylation is 2. The van der Waals surface area contributed by atoms with E-state index < -0.39 is 16.0 Å². The number of sulfonamides is 1. The fourth-order valence-electron chi connectivity index (χ4n) is 3.08. The molecule has 0 saturated heterocycles. The Kier molecular flexibility index (Phi) is 7.45. The zero-order valence-corrected chi connectivity index (χ0v) is 19.9. The van der Waals surface area contributed by atoms with Crippen LogP contribution in [0.1, 0.15) is 27.4 Å². The number of hydrogen-bond donors (Lipinski definition) is 0. The topological polar surface area (TPSA) is 98.9 Å². The number of rotatable bonds is 9. The summed E-state index contributed by atoms with van der Waals surface area (Å²) in [6.45, 7) is 7.02. The van der Waals surface area contributed by atoms with Gasteiger partial charge in [-0.2, -0.15) is 0 Å². The van der Waals surface area contributed by atoms with Crippen molar-refractivity contribution in [2.75, 3.05) is 18.0 Å². The van der Waals surface area contributed by atoms with Crippen LogP contribution in [0.5, 0.6) is 5.75 Å². The van der Waals surface area contributed by atoms with Gasteiger partial charge < -0.3 is 14.0 Å². The molecule has 1 heterocycles. The maximum Gasteiger partial charge on any atom is 0.340 e. The first-order valence-electron chi connectivity index (χ1n) is 9.85. The van der Waals surface area contributed by atoms with Gasteiger partial charge in [-0.15, -0.1) is 6.58 Å². The number of carbonyl (C=O) groups is 1. The number of benzene rings is 2. The molecular formula is C23H23ClN2O6S. The van der Waals surface area contributed by atoms with Crippen LogP contribution in [0.4, 0.5) is 5.69 Å². The normalized spacial score (nSPS) is 11.2. The van der Waals surface area contributed by atoms with E-state index >= 15 is 0 Å². The molecule has 0 amide bonds. The summed E-state index contributed by atoms with van der Waals surface area (Å²) in [6.07, 6.45) is 1.47. The molecule has 0 N–H and O–H groups in total. The molecule has 0 atom stereocenters. The summed E-state index contributed by atoms with van der Waals surface area (Å²) in [6, 6.07) is 10.4. The van der Waals surface area contributed by atoms with Crippen molar-refractivity contribution in [3.63, 3.8) is 0 Å². The summed E-state index contributed by atoms with van der Waals surface area (Å²) in [7, 11) is -2.53. The van der Waals surface area contributed by atoms with Crippen molar-refractivity contribution in [1.29, 1.82) is 0 Å². The first-order chi connectivity index (χ1) is 15.7. The molecule has 0 fully saturated rings. The first-order valence-corrected chi connectivity index (χ1v) is 11.7. The third-order valence-electron chi connectivity index (χ3n) is 4.93. The van der Waals surface area contributed by atoms with Crippen LogP contribution in [0.2, 0.25) is 5.02 Å². The zero-order chi connectivity index (χ0) is 24.2. The van der Waals surface area contributed by atoms with Crippen molar-refractivity contribution in [2.24, 2.45) is 0 Å². The van der Waals surface area contributed by atoms with E-state index in [2.05, 4.69) is 11.7 Å². The number of methoxy groups -OCH3 is 1. The molecule has 3 aromatic rings. The van der Waals surface area contributed by atoms with E-state index in [1.165, 1.54) is 35.7 Å². The van der Waals surface area contributed by atoms with E-state index in [0.717, 1.165) is 0 Å². The molecule has 0 spiro atoms. The van der Waals surface area contributed by atoms with Gasteiger partial charge in [0.05, 0.1) is 46.1 Å². The van der Waals surface area contributed by atoms with Crippen LogP contribution >= 0.6 is 11.6 Å². The Bertz CT molecular complexity index is 1250. The Morgan fingerprint density at radius 1 is 1.21 bits per heavy atom. The molecule has 33 heavy (non-hydrogen) atoms. The van der Waals surface area contributed by atoms with Gasteiger partial charge in [0.1, 0.15) is 18.1 Å². The summed E-state index contributed by atoms with van der Waals surface area (Å²) >= 11 is 6.19. The van der Waals surface area contributed by atoms with Crippen LogP contribution < -0.4 is 9.04 Å². The minimum absolute atomic E-state index is 0.0170.